The smallest absolute Gasteiger partial charge is 0.336 e. The van der Waals surface area contributed by atoms with Crippen LogP contribution in [-0.4, -0.2) is 62.4 Å². The summed E-state index contributed by atoms with van der Waals surface area (Å²) in [5.74, 6) is -1.98. The van der Waals surface area contributed by atoms with Crippen molar-refractivity contribution in [2.24, 2.45) is 0 Å². The minimum atomic E-state index is -0.838. The molecule has 0 saturated heterocycles. The Morgan fingerprint density at radius 3 is 1.93 bits per heavy atom. The normalized spacial score (nSPS) is 13.8. The van der Waals surface area contributed by atoms with E-state index in [1.807, 2.05) is 48.7 Å². The number of carbonyl (C=O) groups is 2. The summed E-state index contributed by atoms with van der Waals surface area (Å²) in [5, 5.41) is 8.66. The molecule has 4 rings (SSSR count). The molecule has 0 atom stereocenters. The molecule has 40 heavy (non-hydrogen) atoms. The summed E-state index contributed by atoms with van der Waals surface area (Å²) in [7, 11) is 3.06. The molecule has 1 aliphatic rings. The van der Waals surface area contributed by atoms with Gasteiger partial charge in [0.1, 0.15) is 13.2 Å². The molecule has 3 aromatic rings. The van der Waals surface area contributed by atoms with Gasteiger partial charge in [0, 0.05) is 48.0 Å². The molecule has 1 N–H and O–H groups in total. The number of ether oxygens (including phenoxy) is 4. The number of allylic oxidation sites excluding steroid dienone is 2. The Morgan fingerprint density at radius 1 is 0.850 bits per heavy atom. The molecule has 0 amide bonds. The van der Waals surface area contributed by atoms with E-state index in [4.69, 9.17) is 35.6 Å². The second-order valence-corrected chi connectivity index (χ2v) is 9.55. The largest absolute Gasteiger partial charge is 0.460 e. The highest BCUT2D eigenvalue weighted by molar-refractivity contribution is 6.30. The van der Waals surface area contributed by atoms with Gasteiger partial charge < -0.3 is 24.3 Å². The van der Waals surface area contributed by atoms with E-state index in [1.54, 1.807) is 30.7 Å². The van der Waals surface area contributed by atoms with Crippen LogP contribution in [0.2, 0.25) is 5.02 Å². The summed E-state index contributed by atoms with van der Waals surface area (Å²) in [6.45, 7) is 4.14. The van der Waals surface area contributed by atoms with Gasteiger partial charge in [0.25, 0.3) is 0 Å². The Morgan fingerprint density at radius 2 is 1.40 bits per heavy atom. The van der Waals surface area contributed by atoms with Crippen LogP contribution in [0.15, 0.2) is 83.3 Å². The van der Waals surface area contributed by atoms with Crippen LogP contribution in [0, 0.1) is 0 Å². The van der Waals surface area contributed by atoms with E-state index in [9.17, 15) is 9.59 Å². The fraction of sp³-hybridized carbons (Fsp3) is 0.300. The number of nitrogens with one attached hydrogen (secondary N) is 1. The van der Waals surface area contributed by atoms with Crippen LogP contribution >= 0.6 is 11.6 Å². The monoisotopic (exact) mass is 565 g/mol. The lowest BCUT2D eigenvalue weighted by Crippen LogP contribution is -2.33. The molecular formula is C30H32ClN3O6. The number of benzene rings is 2. The average molecular weight is 566 g/mol. The Labute approximate surface area is 238 Å². The summed E-state index contributed by atoms with van der Waals surface area (Å²) in [6.07, 6.45) is 1.83. The molecule has 0 saturated carbocycles. The third-order valence-electron chi connectivity index (χ3n) is 6.43. The number of nitrogens with zero attached hydrogens (tertiary/aromatic N) is 2. The predicted molar refractivity (Wildman–Crippen MR) is 151 cm³/mol. The Bertz CT molecular complexity index is 1370. The van der Waals surface area contributed by atoms with Gasteiger partial charge in [-0.1, -0.05) is 41.9 Å². The highest BCUT2D eigenvalue weighted by atomic mass is 35.5. The van der Waals surface area contributed by atoms with E-state index in [0.29, 0.717) is 27.7 Å². The SMILES string of the molecule is COCCOC(=O)C1=C(C)NC(C)=C(C(=O)OCCOC)C1c1cn(-c2ccccc2)nc1-c1ccc(Cl)cc1. The van der Waals surface area contributed by atoms with E-state index in [2.05, 4.69) is 5.32 Å². The van der Waals surface area contributed by atoms with Crippen molar-refractivity contribution in [3.63, 3.8) is 0 Å². The zero-order valence-electron chi connectivity index (χ0n) is 22.9. The molecule has 2 heterocycles. The Hall–Kier alpha value is -3.92. The maximum Gasteiger partial charge on any atom is 0.336 e. The number of esters is 2. The van der Waals surface area contributed by atoms with Gasteiger partial charge in [-0.2, -0.15) is 5.10 Å². The topological polar surface area (TPSA) is 101 Å². The summed E-state index contributed by atoms with van der Waals surface area (Å²) in [5.41, 5.74) is 4.48. The van der Waals surface area contributed by atoms with Crippen molar-refractivity contribution in [3.05, 3.63) is 93.9 Å². The molecular weight excluding hydrogens is 534 g/mol. The van der Waals surface area contributed by atoms with Gasteiger partial charge in [0.2, 0.25) is 0 Å². The number of halogens is 1. The molecule has 1 aromatic heterocycles. The summed E-state index contributed by atoms with van der Waals surface area (Å²) in [6, 6.07) is 16.8. The van der Waals surface area contributed by atoms with Crippen molar-refractivity contribution in [2.75, 3.05) is 40.6 Å². The van der Waals surface area contributed by atoms with E-state index in [0.717, 1.165) is 11.3 Å². The van der Waals surface area contributed by atoms with Crippen LogP contribution in [0.4, 0.5) is 0 Å². The summed E-state index contributed by atoms with van der Waals surface area (Å²) < 4.78 is 23.0. The molecule has 0 bridgehead atoms. The molecule has 10 heteroatoms. The minimum absolute atomic E-state index is 0.0580. The number of para-hydroxylation sites is 1. The Kier molecular flexibility index (Phi) is 9.76. The number of hydrogen-bond acceptors (Lipinski definition) is 8. The lowest BCUT2D eigenvalue weighted by molar-refractivity contribution is -0.141. The maximum absolute atomic E-state index is 13.6. The van der Waals surface area contributed by atoms with Gasteiger partial charge in [-0.3, -0.25) is 0 Å². The molecule has 0 fully saturated rings. The van der Waals surface area contributed by atoms with Crippen LogP contribution in [0.25, 0.3) is 16.9 Å². The fourth-order valence-electron chi connectivity index (χ4n) is 4.58. The first-order valence-corrected chi connectivity index (χ1v) is 13.1. The number of carbonyl (C=O) groups excluding carboxylic acids is 2. The van der Waals surface area contributed by atoms with Crippen molar-refractivity contribution in [3.8, 4) is 16.9 Å². The van der Waals surface area contributed by atoms with Gasteiger partial charge in [0.15, 0.2) is 0 Å². The molecule has 9 nitrogen and oxygen atoms in total. The van der Waals surface area contributed by atoms with Gasteiger partial charge in [-0.15, -0.1) is 0 Å². The lowest BCUT2D eigenvalue weighted by atomic mass is 9.79. The van der Waals surface area contributed by atoms with Crippen LogP contribution in [0.3, 0.4) is 0 Å². The average Bonchev–Trinajstić information content (AvgIpc) is 3.39. The van der Waals surface area contributed by atoms with Gasteiger partial charge in [-0.25, -0.2) is 14.3 Å². The van der Waals surface area contributed by atoms with Crippen molar-refractivity contribution >= 4 is 23.5 Å². The number of aromatic nitrogens is 2. The number of rotatable bonds is 11. The van der Waals surface area contributed by atoms with Gasteiger partial charge in [-0.05, 0) is 38.1 Å². The summed E-state index contributed by atoms with van der Waals surface area (Å²) in [4.78, 5) is 27.1. The minimum Gasteiger partial charge on any atom is -0.460 e. The van der Waals surface area contributed by atoms with Crippen LogP contribution in [0.1, 0.15) is 25.3 Å². The van der Waals surface area contributed by atoms with Gasteiger partial charge in [0.05, 0.1) is 41.7 Å². The molecule has 1 aliphatic heterocycles. The molecule has 2 aromatic carbocycles. The summed E-state index contributed by atoms with van der Waals surface area (Å²) >= 11 is 6.19. The predicted octanol–water partition coefficient (Wildman–Crippen LogP) is 4.81. The highest BCUT2D eigenvalue weighted by Gasteiger charge is 2.40. The van der Waals surface area contributed by atoms with Crippen LogP contribution < -0.4 is 5.32 Å². The molecule has 0 aliphatic carbocycles. The maximum atomic E-state index is 13.6. The number of hydrogen-bond donors (Lipinski definition) is 1. The molecule has 0 spiro atoms. The van der Waals surface area contributed by atoms with Gasteiger partial charge >= 0.3 is 11.9 Å². The fourth-order valence-corrected chi connectivity index (χ4v) is 4.71. The zero-order chi connectivity index (χ0) is 28.6. The first-order valence-electron chi connectivity index (χ1n) is 12.8. The van der Waals surface area contributed by atoms with Crippen LogP contribution in [-0.2, 0) is 28.5 Å². The van der Waals surface area contributed by atoms with E-state index in [-0.39, 0.29) is 37.6 Å². The van der Waals surface area contributed by atoms with Crippen molar-refractivity contribution in [1.29, 1.82) is 0 Å². The second-order valence-electron chi connectivity index (χ2n) is 9.11. The second kappa shape index (κ2) is 13.4. The molecule has 0 radical (unpaired) electrons. The van der Waals surface area contributed by atoms with E-state index < -0.39 is 17.9 Å². The number of dihydropyridines is 1. The quantitative estimate of drug-likeness (QED) is 0.261. The van der Waals surface area contributed by atoms with Crippen molar-refractivity contribution in [1.82, 2.24) is 15.1 Å². The van der Waals surface area contributed by atoms with E-state index in [1.165, 1.54) is 14.2 Å². The zero-order valence-corrected chi connectivity index (χ0v) is 23.7. The van der Waals surface area contributed by atoms with Crippen LogP contribution in [0.5, 0.6) is 0 Å². The Balaban J connectivity index is 1.92. The van der Waals surface area contributed by atoms with E-state index >= 15 is 0 Å². The van der Waals surface area contributed by atoms with Crippen molar-refractivity contribution < 1.29 is 28.5 Å². The third kappa shape index (κ3) is 6.44. The first-order chi connectivity index (χ1) is 19.3. The molecule has 210 valence electrons. The lowest BCUT2D eigenvalue weighted by Gasteiger charge is -2.30. The molecule has 0 unspecified atom stereocenters. The standard InChI is InChI=1S/C30H32ClN3O6/c1-19-25(29(35)39-16-14-37-3)27(26(20(2)32-19)30(36)40-17-15-38-4)24-18-34(23-8-6-5-7-9-23)33-28(24)21-10-12-22(31)13-11-21/h5-13,18,27,32H,14-17H2,1-4H3. The highest BCUT2D eigenvalue weighted by Crippen LogP contribution is 2.43. The van der Waals surface area contributed by atoms with Crippen molar-refractivity contribution in [2.45, 2.75) is 19.8 Å². The first kappa shape index (κ1) is 29.1. The number of methoxy groups -OCH3 is 2. The third-order valence-corrected chi connectivity index (χ3v) is 6.69.